The van der Waals surface area contributed by atoms with Crippen LogP contribution in [-0.4, -0.2) is 40.8 Å². The molecule has 1 atom stereocenters. The average molecular weight is 333 g/mol. The molecule has 22 heavy (non-hydrogen) atoms. The van der Waals surface area contributed by atoms with Crippen molar-refractivity contribution in [1.29, 1.82) is 0 Å². The van der Waals surface area contributed by atoms with E-state index in [1.165, 1.54) is 0 Å². The Hall–Kier alpha value is -0.910. The molecule has 0 aromatic carbocycles. The van der Waals surface area contributed by atoms with Crippen LogP contribution >= 0.6 is 11.8 Å². The van der Waals surface area contributed by atoms with Crippen molar-refractivity contribution in [3.8, 4) is 0 Å². The molecule has 0 aliphatic heterocycles. The molecular weight excluding hydrogens is 302 g/mol. The van der Waals surface area contributed by atoms with Crippen LogP contribution in [0.3, 0.4) is 0 Å². The Labute approximate surface area is 138 Å². The van der Waals surface area contributed by atoms with Crippen molar-refractivity contribution in [3.05, 3.63) is 0 Å². The number of nitrogens with one attached hydrogen (secondary N) is 1. The molecule has 0 saturated carbocycles. The summed E-state index contributed by atoms with van der Waals surface area (Å²) in [4.78, 5) is 23.6. The van der Waals surface area contributed by atoms with E-state index in [4.69, 9.17) is 4.74 Å². The minimum Gasteiger partial charge on any atom is -0.481 e. The van der Waals surface area contributed by atoms with E-state index in [9.17, 15) is 14.7 Å². The maximum Gasteiger partial charge on any atom is 0.407 e. The van der Waals surface area contributed by atoms with Crippen molar-refractivity contribution in [1.82, 2.24) is 5.32 Å². The predicted molar refractivity (Wildman–Crippen MR) is 91.4 cm³/mol. The molecule has 5 nitrogen and oxygen atoms in total. The third kappa shape index (κ3) is 8.51. The topological polar surface area (TPSA) is 75.6 Å². The highest BCUT2D eigenvalue weighted by Gasteiger charge is 2.37. The van der Waals surface area contributed by atoms with Crippen molar-refractivity contribution in [2.45, 2.75) is 65.9 Å². The molecule has 0 heterocycles. The lowest BCUT2D eigenvalue weighted by atomic mass is 9.79. The van der Waals surface area contributed by atoms with Gasteiger partial charge in [0.15, 0.2) is 0 Å². The number of hydrogen-bond acceptors (Lipinski definition) is 4. The molecule has 0 rings (SSSR count). The van der Waals surface area contributed by atoms with Gasteiger partial charge in [-0.3, -0.25) is 4.79 Å². The van der Waals surface area contributed by atoms with Crippen molar-refractivity contribution in [2.75, 3.05) is 18.1 Å². The van der Waals surface area contributed by atoms with Gasteiger partial charge < -0.3 is 15.2 Å². The Morgan fingerprint density at radius 3 is 2.27 bits per heavy atom. The molecule has 6 heteroatoms. The summed E-state index contributed by atoms with van der Waals surface area (Å²) in [6.45, 7) is 9.51. The number of carbonyl (C=O) groups is 2. The minimum atomic E-state index is -0.903. The van der Waals surface area contributed by atoms with Gasteiger partial charge in [-0.05, 0) is 51.5 Å². The molecule has 130 valence electrons. The molecule has 0 aliphatic carbocycles. The lowest BCUT2D eigenvalue weighted by Crippen LogP contribution is -2.44. The van der Waals surface area contributed by atoms with Crippen LogP contribution in [0.1, 0.15) is 60.3 Å². The van der Waals surface area contributed by atoms with E-state index < -0.39 is 23.1 Å². The highest BCUT2D eigenvalue weighted by Crippen LogP contribution is 2.30. The summed E-state index contributed by atoms with van der Waals surface area (Å²) in [6.07, 6.45) is 2.16. The van der Waals surface area contributed by atoms with Gasteiger partial charge in [0, 0.05) is 6.54 Å². The number of carboxylic acids is 1. The van der Waals surface area contributed by atoms with Gasteiger partial charge in [-0.15, -0.1) is 0 Å². The average Bonchev–Trinajstić information content (AvgIpc) is 2.38. The quantitative estimate of drug-likeness (QED) is 0.593. The van der Waals surface area contributed by atoms with Crippen LogP contribution in [0.15, 0.2) is 0 Å². The number of amides is 1. The second-order valence-corrected chi connectivity index (χ2v) is 7.89. The lowest BCUT2D eigenvalue weighted by molar-refractivity contribution is -0.149. The molecular formula is C16H31NO4S. The zero-order chi connectivity index (χ0) is 17.2. The highest BCUT2D eigenvalue weighted by molar-refractivity contribution is 7.99. The lowest BCUT2D eigenvalue weighted by Gasteiger charge is -2.30. The van der Waals surface area contributed by atoms with E-state index in [1.807, 2.05) is 6.92 Å². The molecule has 0 saturated heterocycles. The third-order valence-electron chi connectivity index (χ3n) is 3.30. The summed E-state index contributed by atoms with van der Waals surface area (Å²) in [5.41, 5.74) is -1.49. The largest absolute Gasteiger partial charge is 0.481 e. The second-order valence-electron chi connectivity index (χ2n) is 6.49. The van der Waals surface area contributed by atoms with Crippen LogP contribution < -0.4 is 5.32 Å². The zero-order valence-electron chi connectivity index (χ0n) is 14.5. The fourth-order valence-electron chi connectivity index (χ4n) is 2.28. The Bertz CT molecular complexity index is 355. The van der Waals surface area contributed by atoms with Gasteiger partial charge in [-0.2, -0.15) is 11.8 Å². The fourth-order valence-corrected chi connectivity index (χ4v) is 2.92. The summed E-state index contributed by atoms with van der Waals surface area (Å²) in [5, 5.41) is 12.3. The van der Waals surface area contributed by atoms with Crippen molar-refractivity contribution >= 4 is 23.8 Å². The monoisotopic (exact) mass is 333 g/mol. The maximum absolute atomic E-state index is 11.8. The smallest absolute Gasteiger partial charge is 0.407 e. The Morgan fingerprint density at radius 1 is 1.18 bits per heavy atom. The van der Waals surface area contributed by atoms with E-state index >= 15 is 0 Å². The predicted octanol–water partition coefficient (Wildman–Crippen LogP) is 3.92. The van der Waals surface area contributed by atoms with E-state index in [0.717, 1.165) is 24.3 Å². The Balaban J connectivity index is 4.70. The van der Waals surface area contributed by atoms with Gasteiger partial charge in [-0.1, -0.05) is 20.3 Å². The summed E-state index contributed by atoms with van der Waals surface area (Å²) in [7, 11) is 0. The number of carbonyl (C=O) groups excluding carboxylic acids is 1. The van der Waals surface area contributed by atoms with Crippen molar-refractivity contribution < 1.29 is 19.4 Å². The molecule has 0 bridgehead atoms. The number of thioether (sulfide) groups is 1. The van der Waals surface area contributed by atoms with Crippen molar-refractivity contribution in [3.63, 3.8) is 0 Å². The molecule has 1 amide bonds. The molecule has 0 radical (unpaired) electrons. The number of aliphatic carboxylic acids is 1. The third-order valence-corrected chi connectivity index (χ3v) is 4.29. The van der Waals surface area contributed by atoms with Gasteiger partial charge >= 0.3 is 12.1 Å². The summed E-state index contributed by atoms with van der Waals surface area (Å²) >= 11 is 1.81. The SMILES string of the molecule is CCCC(CCCSCC)(CNC(=O)OC(C)(C)C)C(=O)O. The first-order valence-corrected chi connectivity index (χ1v) is 9.10. The number of rotatable bonds is 10. The van der Waals surface area contributed by atoms with Crippen LogP contribution in [0.5, 0.6) is 0 Å². The van der Waals surface area contributed by atoms with Crippen LogP contribution in [0, 0.1) is 5.41 Å². The summed E-state index contributed by atoms with van der Waals surface area (Å²) in [6, 6.07) is 0. The standard InChI is InChI=1S/C16H31NO4S/c1-6-9-16(13(18)19,10-8-11-22-7-2)12-17-14(20)21-15(3,4)5/h6-12H2,1-5H3,(H,17,20)(H,18,19). The Kier molecular flexibility index (Phi) is 9.56. The summed E-state index contributed by atoms with van der Waals surface area (Å²) in [5.74, 6) is 1.14. The molecule has 0 fully saturated rings. The second kappa shape index (κ2) is 9.98. The maximum atomic E-state index is 11.8. The highest BCUT2D eigenvalue weighted by atomic mass is 32.2. The van der Waals surface area contributed by atoms with Crippen LogP contribution in [0.4, 0.5) is 4.79 Å². The van der Waals surface area contributed by atoms with Gasteiger partial charge in [0.2, 0.25) is 0 Å². The van der Waals surface area contributed by atoms with Gasteiger partial charge in [-0.25, -0.2) is 4.79 Å². The number of hydrogen-bond donors (Lipinski definition) is 2. The van der Waals surface area contributed by atoms with Crippen LogP contribution in [-0.2, 0) is 9.53 Å². The molecule has 2 N–H and O–H groups in total. The molecule has 1 unspecified atom stereocenters. The summed E-state index contributed by atoms with van der Waals surface area (Å²) < 4.78 is 5.19. The Morgan fingerprint density at radius 2 is 1.82 bits per heavy atom. The number of carboxylic acid groups (broad SMARTS) is 1. The molecule has 0 aromatic rings. The minimum absolute atomic E-state index is 0.113. The first-order chi connectivity index (χ1) is 10.2. The first kappa shape index (κ1) is 21.1. The molecule has 0 aliphatic rings. The molecule has 0 spiro atoms. The van der Waals surface area contributed by atoms with Crippen molar-refractivity contribution in [2.24, 2.45) is 5.41 Å². The van der Waals surface area contributed by atoms with E-state index in [1.54, 1.807) is 32.5 Å². The van der Waals surface area contributed by atoms with Gasteiger partial charge in [0.25, 0.3) is 0 Å². The van der Waals surface area contributed by atoms with Gasteiger partial charge in [0.1, 0.15) is 5.60 Å². The van der Waals surface area contributed by atoms with Crippen LogP contribution in [0.25, 0.3) is 0 Å². The fraction of sp³-hybridized carbons (Fsp3) is 0.875. The number of ether oxygens (including phenoxy) is 1. The van der Waals surface area contributed by atoms with E-state index in [-0.39, 0.29) is 6.54 Å². The first-order valence-electron chi connectivity index (χ1n) is 7.95. The normalized spacial score (nSPS) is 14.2. The number of alkyl carbamates (subject to hydrolysis) is 1. The van der Waals surface area contributed by atoms with E-state index in [0.29, 0.717) is 12.8 Å². The van der Waals surface area contributed by atoms with Crippen LogP contribution in [0.2, 0.25) is 0 Å². The molecule has 0 aromatic heterocycles. The zero-order valence-corrected chi connectivity index (χ0v) is 15.3. The van der Waals surface area contributed by atoms with Gasteiger partial charge in [0.05, 0.1) is 5.41 Å². The van der Waals surface area contributed by atoms with E-state index in [2.05, 4.69) is 12.2 Å².